The van der Waals surface area contributed by atoms with Gasteiger partial charge in [0.1, 0.15) is 0 Å². The minimum atomic E-state index is 0.789. The Hall–Kier alpha value is 0.310. The maximum Gasteiger partial charge on any atom is 0.0186 e. The zero-order valence-electron chi connectivity index (χ0n) is 9.01. The molecule has 1 N–H and O–H groups in total. The second-order valence-corrected chi connectivity index (χ2v) is 4.97. The summed E-state index contributed by atoms with van der Waals surface area (Å²) in [6.45, 7) is 3.44. The van der Waals surface area contributed by atoms with Gasteiger partial charge < -0.3 is 5.32 Å². The van der Waals surface area contributed by atoms with E-state index in [9.17, 15) is 0 Å². The van der Waals surface area contributed by atoms with Crippen LogP contribution in [-0.2, 0) is 0 Å². The van der Waals surface area contributed by atoms with Crippen molar-refractivity contribution in [2.75, 3.05) is 18.6 Å². The third-order valence-corrected chi connectivity index (χ3v) is 3.66. The molecule has 13 heavy (non-hydrogen) atoms. The molecule has 0 aliphatic heterocycles. The predicted octanol–water partition coefficient (Wildman–Crippen LogP) is 2.91. The number of nitrogens with one attached hydrogen (secondary N) is 1. The monoisotopic (exact) mass is 201 g/mol. The lowest BCUT2D eigenvalue weighted by molar-refractivity contribution is 0.388. The standard InChI is InChI=1S/C11H23NS/c1-3-8-12-11(9-13-2)10-6-4-5-7-10/h10-12H,3-9H2,1-2H3. The van der Waals surface area contributed by atoms with Crippen molar-refractivity contribution in [1.29, 1.82) is 0 Å². The SMILES string of the molecule is CCCNC(CSC)C1CCCC1. The van der Waals surface area contributed by atoms with Gasteiger partial charge in [0, 0.05) is 11.8 Å². The number of rotatable bonds is 6. The molecule has 0 amide bonds. The number of thioether (sulfide) groups is 1. The second kappa shape index (κ2) is 6.72. The van der Waals surface area contributed by atoms with Crippen molar-refractivity contribution >= 4 is 11.8 Å². The van der Waals surface area contributed by atoms with Crippen molar-refractivity contribution in [3.8, 4) is 0 Å². The topological polar surface area (TPSA) is 12.0 Å². The maximum atomic E-state index is 3.69. The van der Waals surface area contributed by atoms with Crippen molar-refractivity contribution in [3.05, 3.63) is 0 Å². The molecule has 0 heterocycles. The first-order valence-corrected chi connectivity index (χ1v) is 7.00. The minimum absolute atomic E-state index is 0.789. The molecule has 78 valence electrons. The van der Waals surface area contributed by atoms with Crippen LogP contribution in [0.5, 0.6) is 0 Å². The van der Waals surface area contributed by atoms with E-state index >= 15 is 0 Å². The molecule has 2 heteroatoms. The van der Waals surface area contributed by atoms with Gasteiger partial charge in [-0.3, -0.25) is 0 Å². The molecule has 0 aromatic rings. The molecule has 0 saturated heterocycles. The van der Waals surface area contributed by atoms with Gasteiger partial charge in [-0.15, -0.1) is 0 Å². The molecule has 1 unspecified atom stereocenters. The molecule has 1 fully saturated rings. The van der Waals surface area contributed by atoms with E-state index < -0.39 is 0 Å². The van der Waals surface area contributed by atoms with Crippen LogP contribution in [0.2, 0.25) is 0 Å². The van der Waals surface area contributed by atoms with Gasteiger partial charge in [0.25, 0.3) is 0 Å². The Kier molecular flexibility index (Phi) is 5.88. The molecule has 1 aliphatic carbocycles. The van der Waals surface area contributed by atoms with Crippen LogP contribution in [0.15, 0.2) is 0 Å². The first-order valence-electron chi connectivity index (χ1n) is 5.60. The first-order chi connectivity index (χ1) is 6.38. The van der Waals surface area contributed by atoms with Gasteiger partial charge in [-0.25, -0.2) is 0 Å². The third-order valence-electron chi connectivity index (χ3n) is 2.97. The van der Waals surface area contributed by atoms with Crippen LogP contribution in [0.4, 0.5) is 0 Å². The highest BCUT2D eigenvalue weighted by Crippen LogP contribution is 2.28. The largest absolute Gasteiger partial charge is 0.313 e. The average Bonchev–Trinajstić information content (AvgIpc) is 2.65. The van der Waals surface area contributed by atoms with Gasteiger partial charge in [-0.05, 0) is 38.0 Å². The van der Waals surface area contributed by atoms with Crippen LogP contribution in [-0.4, -0.2) is 24.6 Å². The van der Waals surface area contributed by atoms with E-state index in [0.717, 1.165) is 12.0 Å². The highest BCUT2D eigenvalue weighted by atomic mass is 32.2. The normalized spacial score (nSPS) is 20.8. The summed E-state index contributed by atoms with van der Waals surface area (Å²) < 4.78 is 0. The Morgan fingerprint density at radius 2 is 2.08 bits per heavy atom. The quantitative estimate of drug-likeness (QED) is 0.709. The Morgan fingerprint density at radius 3 is 2.62 bits per heavy atom. The summed E-state index contributed by atoms with van der Waals surface area (Å²) >= 11 is 1.98. The lowest BCUT2D eigenvalue weighted by atomic mass is 10.00. The zero-order chi connectivity index (χ0) is 9.52. The van der Waals surface area contributed by atoms with E-state index in [-0.39, 0.29) is 0 Å². The van der Waals surface area contributed by atoms with E-state index in [4.69, 9.17) is 0 Å². The Balaban J connectivity index is 2.26. The van der Waals surface area contributed by atoms with Gasteiger partial charge >= 0.3 is 0 Å². The van der Waals surface area contributed by atoms with Crippen LogP contribution in [0.3, 0.4) is 0 Å². The lowest BCUT2D eigenvalue weighted by Crippen LogP contribution is -2.37. The van der Waals surface area contributed by atoms with E-state index in [1.54, 1.807) is 0 Å². The first kappa shape index (κ1) is 11.4. The molecule has 1 nitrogen and oxygen atoms in total. The molecule has 0 radical (unpaired) electrons. The molecule has 0 bridgehead atoms. The Morgan fingerprint density at radius 1 is 1.38 bits per heavy atom. The number of hydrogen-bond donors (Lipinski definition) is 1. The van der Waals surface area contributed by atoms with Crippen LogP contribution in [0.1, 0.15) is 39.0 Å². The van der Waals surface area contributed by atoms with Gasteiger partial charge in [-0.1, -0.05) is 19.8 Å². The van der Waals surface area contributed by atoms with Crippen LogP contribution in [0.25, 0.3) is 0 Å². The van der Waals surface area contributed by atoms with Crippen molar-refractivity contribution in [3.63, 3.8) is 0 Å². The third kappa shape index (κ3) is 3.90. The van der Waals surface area contributed by atoms with Crippen LogP contribution < -0.4 is 5.32 Å². The van der Waals surface area contributed by atoms with Gasteiger partial charge in [0.05, 0.1) is 0 Å². The fourth-order valence-corrected chi connectivity index (χ4v) is 2.98. The van der Waals surface area contributed by atoms with Gasteiger partial charge in [0.2, 0.25) is 0 Å². The average molecular weight is 201 g/mol. The summed E-state index contributed by atoms with van der Waals surface area (Å²) in [5, 5.41) is 3.69. The van der Waals surface area contributed by atoms with Crippen molar-refractivity contribution in [1.82, 2.24) is 5.32 Å². The van der Waals surface area contributed by atoms with Gasteiger partial charge in [-0.2, -0.15) is 11.8 Å². The molecule has 1 rings (SSSR count). The van der Waals surface area contributed by atoms with Crippen molar-refractivity contribution < 1.29 is 0 Å². The van der Waals surface area contributed by atoms with E-state index in [1.165, 1.54) is 44.4 Å². The highest BCUT2D eigenvalue weighted by molar-refractivity contribution is 7.98. The van der Waals surface area contributed by atoms with E-state index in [2.05, 4.69) is 18.5 Å². The van der Waals surface area contributed by atoms with Gasteiger partial charge in [0.15, 0.2) is 0 Å². The zero-order valence-corrected chi connectivity index (χ0v) is 9.83. The predicted molar refractivity (Wildman–Crippen MR) is 62.4 cm³/mol. The summed E-state index contributed by atoms with van der Waals surface area (Å²) in [7, 11) is 0. The smallest absolute Gasteiger partial charge is 0.0186 e. The molecule has 0 aromatic carbocycles. The highest BCUT2D eigenvalue weighted by Gasteiger charge is 2.23. The van der Waals surface area contributed by atoms with Crippen molar-refractivity contribution in [2.45, 2.75) is 45.1 Å². The molecular formula is C11H23NS. The Labute approximate surface area is 87.1 Å². The summed E-state index contributed by atoms with van der Waals surface area (Å²) in [6.07, 6.45) is 9.32. The molecule has 1 saturated carbocycles. The molecule has 1 aliphatic rings. The molecule has 1 atom stereocenters. The molecular weight excluding hydrogens is 178 g/mol. The Bertz CT molecular complexity index is 121. The minimum Gasteiger partial charge on any atom is -0.313 e. The maximum absolute atomic E-state index is 3.69. The number of hydrogen-bond acceptors (Lipinski definition) is 2. The summed E-state index contributed by atoms with van der Waals surface area (Å²) in [4.78, 5) is 0. The van der Waals surface area contributed by atoms with Crippen LogP contribution >= 0.6 is 11.8 Å². The summed E-state index contributed by atoms with van der Waals surface area (Å²) in [6, 6.07) is 0.789. The summed E-state index contributed by atoms with van der Waals surface area (Å²) in [5.74, 6) is 2.27. The molecule has 0 aromatic heterocycles. The van der Waals surface area contributed by atoms with Crippen LogP contribution in [0, 0.1) is 5.92 Å². The lowest BCUT2D eigenvalue weighted by Gasteiger charge is -2.23. The fraction of sp³-hybridized carbons (Fsp3) is 1.00. The molecule has 0 spiro atoms. The van der Waals surface area contributed by atoms with E-state index in [1.807, 2.05) is 11.8 Å². The fourth-order valence-electron chi connectivity index (χ4n) is 2.23. The van der Waals surface area contributed by atoms with E-state index in [0.29, 0.717) is 0 Å². The summed E-state index contributed by atoms with van der Waals surface area (Å²) in [5.41, 5.74) is 0. The van der Waals surface area contributed by atoms with Crippen molar-refractivity contribution in [2.24, 2.45) is 5.92 Å². The second-order valence-electron chi connectivity index (χ2n) is 4.06.